The monoisotopic (exact) mass is 268 g/mol. The van der Waals surface area contributed by atoms with Gasteiger partial charge in [-0.3, -0.25) is 9.78 Å². The number of nitrogens with one attached hydrogen (secondary N) is 1. The van der Waals surface area contributed by atoms with Gasteiger partial charge in [0.1, 0.15) is 0 Å². The van der Waals surface area contributed by atoms with Crippen LogP contribution >= 0.6 is 0 Å². The molecule has 20 heavy (non-hydrogen) atoms. The molecule has 2 aromatic rings. The van der Waals surface area contributed by atoms with E-state index in [1.165, 1.54) is 0 Å². The van der Waals surface area contributed by atoms with Crippen molar-refractivity contribution in [3.05, 3.63) is 47.8 Å². The Morgan fingerprint density at radius 1 is 1.15 bits per heavy atom. The summed E-state index contributed by atoms with van der Waals surface area (Å²) >= 11 is 0. The van der Waals surface area contributed by atoms with Crippen molar-refractivity contribution in [3.8, 4) is 11.5 Å². The maximum absolute atomic E-state index is 11.9. The summed E-state index contributed by atoms with van der Waals surface area (Å²) in [5.41, 5.74) is 2.93. The van der Waals surface area contributed by atoms with Crippen LogP contribution in [0, 0.1) is 0 Å². The van der Waals surface area contributed by atoms with E-state index in [0.717, 1.165) is 22.6 Å². The number of aromatic nitrogens is 1. The molecule has 0 saturated carbocycles. The standard InChI is InChI=1S/C15H12N2O3/c18-15-6-10(9-1-3-16-4-2-9)11-5-13-14(20-8-19-13)7-12(11)17-15/h1-5,7,10H,6,8H2,(H,17,18)/t10-/m1/s1. The van der Waals surface area contributed by atoms with E-state index in [-0.39, 0.29) is 18.6 Å². The quantitative estimate of drug-likeness (QED) is 0.862. The molecule has 1 N–H and O–H groups in total. The molecule has 1 atom stereocenters. The Morgan fingerprint density at radius 2 is 1.90 bits per heavy atom. The topological polar surface area (TPSA) is 60.5 Å². The fourth-order valence-electron chi connectivity index (χ4n) is 2.74. The number of nitrogens with zero attached hydrogens (tertiary/aromatic N) is 1. The highest BCUT2D eigenvalue weighted by atomic mass is 16.7. The van der Waals surface area contributed by atoms with E-state index >= 15 is 0 Å². The van der Waals surface area contributed by atoms with Gasteiger partial charge in [0.15, 0.2) is 11.5 Å². The number of benzene rings is 1. The number of pyridine rings is 1. The van der Waals surface area contributed by atoms with E-state index in [4.69, 9.17) is 9.47 Å². The van der Waals surface area contributed by atoms with Gasteiger partial charge in [-0.25, -0.2) is 0 Å². The third-order valence-corrected chi connectivity index (χ3v) is 3.69. The number of ether oxygens (including phenoxy) is 2. The van der Waals surface area contributed by atoms with Gasteiger partial charge in [0.25, 0.3) is 0 Å². The fourth-order valence-corrected chi connectivity index (χ4v) is 2.74. The molecule has 4 rings (SSSR count). The van der Waals surface area contributed by atoms with Gasteiger partial charge in [0.05, 0.1) is 0 Å². The highest BCUT2D eigenvalue weighted by Gasteiger charge is 2.29. The Bertz CT molecular complexity index is 685. The summed E-state index contributed by atoms with van der Waals surface area (Å²) in [6.07, 6.45) is 3.92. The van der Waals surface area contributed by atoms with Crippen LogP contribution in [-0.4, -0.2) is 17.7 Å². The summed E-state index contributed by atoms with van der Waals surface area (Å²) in [6, 6.07) is 7.68. The minimum Gasteiger partial charge on any atom is -0.454 e. The number of hydrogen-bond donors (Lipinski definition) is 1. The summed E-state index contributed by atoms with van der Waals surface area (Å²) in [6.45, 7) is 0.228. The van der Waals surface area contributed by atoms with Gasteiger partial charge < -0.3 is 14.8 Å². The normalized spacial score (nSPS) is 19.4. The Labute approximate surface area is 115 Å². The van der Waals surface area contributed by atoms with Crippen LogP contribution in [0.2, 0.25) is 0 Å². The van der Waals surface area contributed by atoms with Crippen LogP contribution < -0.4 is 14.8 Å². The highest BCUT2D eigenvalue weighted by molar-refractivity contribution is 5.96. The SMILES string of the molecule is O=C1C[C@H](c2ccncc2)c2cc3c(cc2N1)OCO3. The second kappa shape index (κ2) is 4.23. The Morgan fingerprint density at radius 3 is 2.70 bits per heavy atom. The predicted molar refractivity (Wildman–Crippen MR) is 71.9 cm³/mol. The molecule has 2 aliphatic heterocycles. The van der Waals surface area contributed by atoms with Gasteiger partial charge in [-0.05, 0) is 29.3 Å². The molecular formula is C15H12N2O3. The number of anilines is 1. The van der Waals surface area contributed by atoms with Gasteiger partial charge in [-0.2, -0.15) is 0 Å². The molecule has 3 heterocycles. The van der Waals surface area contributed by atoms with E-state index in [2.05, 4.69) is 10.3 Å². The zero-order valence-electron chi connectivity index (χ0n) is 10.6. The van der Waals surface area contributed by atoms with E-state index < -0.39 is 0 Å². The zero-order chi connectivity index (χ0) is 13.5. The van der Waals surface area contributed by atoms with Gasteiger partial charge in [-0.1, -0.05) is 0 Å². The van der Waals surface area contributed by atoms with Crippen LogP contribution in [0.15, 0.2) is 36.7 Å². The first-order chi connectivity index (χ1) is 9.81. The predicted octanol–water partition coefficient (Wildman–Crippen LogP) is 2.28. The second-order valence-corrected chi connectivity index (χ2v) is 4.88. The fraction of sp³-hybridized carbons (Fsp3) is 0.200. The molecule has 0 saturated heterocycles. The van der Waals surface area contributed by atoms with Crippen molar-refractivity contribution in [2.24, 2.45) is 0 Å². The molecule has 0 fully saturated rings. The molecule has 0 unspecified atom stereocenters. The summed E-state index contributed by atoms with van der Waals surface area (Å²) < 4.78 is 10.8. The molecule has 5 nitrogen and oxygen atoms in total. The van der Waals surface area contributed by atoms with Gasteiger partial charge in [0.2, 0.25) is 12.7 Å². The number of fused-ring (bicyclic) bond motifs is 2. The lowest BCUT2D eigenvalue weighted by molar-refractivity contribution is -0.116. The minimum absolute atomic E-state index is 0.0122. The number of rotatable bonds is 1. The first-order valence-corrected chi connectivity index (χ1v) is 6.44. The summed E-state index contributed by atoms with van der Waals surface area (Å²) in [5, 5.41) is 2.90. The lowest BCUT2D eigenvalue weighted by Gasteiger charge is -2.26. The number of carbonyl (C=O) groups excluding carboxylic acids is 1. The van der Waals surface area contributed by atoms with Crippen molar-refractivity contribution >= 4 is 11.6 Å². The van der Waals surface area contributed by atoms with Gasteiger partial charge in [0, 0.05) is 36.5 Å². The molecule has 1 aromatic carbocycles. The molecule has 0 spiro atoms. The van der Waals surface area contributed by atoms with Crippen LogP contribution in [0.5, 0.6) is 11.5 Å². The molecule has 1 amide bonds. The summed E-state index contributed by atoms with van der Waals surface area (Å²) in [7, 11) is 0. The Hall–Kier alpha value is -2.56. The maximum atomic E-state index is 11.9. The molecule has 0 aliphatic carbocycles. The van der Waals surface area contributed by atoms with E-state index in [1.54, 1.807) is 12.4 Å². The van der Waals surface area contributed by atoms with Crippen molar-refractivity contribution in [3.63, 3.8) is 0 Å². The second-order valence-electron chi connectivity index (χ2n) is 4.88. The average molecular weight is 268 g/mol. The van der Waals surface area contributed by atoms with Crippen molar-refractivity contribution in [2.45, 2.75) is 12.3 Å². The molecule has 0 radical (unpaired) electrons. The third-order valence-electron chi connectivity index (χ3n) is 3.69. The molecule has 2 aliphatic rings. The zero-order valence-corrected chi connectivity index (χ0v) is 10.6. The number of hydrogen-bond acceptors (Lipinski definition) is 4. The maximum Gasteiger partial charge on any atom is 0.231 e. The smallest absolute Gasteiger partial charge is 0.231 e. The Kier molecular flexibility index (Phi) is 2.39. The van der Waals surface area contributed by atoms with Crippen molar-refractivity contribution < 1.29 is 14.3 Å². The molecular weight excluding hydrogens is 256 g/mol. The first-order valence-electron chi connectivity index (χ1n) is 6.44. The van der Waals surface area contributed by atoms with Crippen LogP contribution in [0.3, 0.4) is 0 Å². The number of carbonyl (C=O) groups is 1. The lowest BCUT2D eigenvalue weighted by atomic mass is 9.85. The minimum atomic E-state index is 0.0122. The van der Waals surface area contributed by atoms with Crippen molar-refractivity contribution in [1.29, 1.82) is 0 Å². The molecule has 0 bridgehead atoms. The highest BCUT2D eigenvalue weighted by Crippen LogP contribution is 2.44. The van der Waals surface area contributed by atoms with E-state index in [0.29, 0.717) is 12.2 Å². The van der Waals surface area contributed by atoms with Crippen LogP contribution in [0.4, 0.5) is 5.69 Å². The van der Waals surface area contributed by atoms with E-state index in [1.807, 2.05) is 24.3 Å². The number of amides is 1. The third kappa shape index (κ3) is 1.71. The summed E-state index contributed by atoms with van der Waals surface area (Å²) in [4.78, 5) is 15.9. The van der Waals surface area contributed by atoms with Crippen LogP contribution in [0.25, 0.3) is 0 Å². The average Bonchev–Trinajstić information content (AvgIpc) is 2.92. The van der Waals surface area contributed by atoms with Crippen LogP contribution in [-0.2, 0) is 4.79 Å². The van der Waals surface area contributed by atoms with E-state index in [9.17, 15) is 4.79 Å². The molecule has 1 aromatic heterocycles. The summed E-state index contributed by atoms with van der Waals surface area (Å²) in [5.74, 6) is 1.45. The lowest BCUT2D eigenvalue weighted by Crippen LogP contribution is -2.23. The Balaban J connectivity index is 1.86. The van der Waals surface area contributed by atoms with Crippen molar-refractivity contribution in [2.75, 3.05) is 12.1 Å². The largest absolute Gasteiger partial charge is 0.454 e. The van der Waals surface area contributed by atoms with Crippen LogP contribution in [0.1, 0.15) is 23.5 Å². The van der Waals surface area contributed by atoms with Gasteiger partial charge >= 0.3 is 0 Å². The first kappa shape index (κ1) is 11.3. The molecule has 100 valence electrons. The van der Waals surface area contributed by atoms with Gasteiger partial charge in [-0.15, -0.1) is 0 Å². The van der Waals surface area contributed by atoms with Crippen molar-refractivity contribution in [1.82, 2.24) is 4.98 Å². The molecule has 5 heteroatoms.